The molecule has 1 rings (SSSR count). The summed E-state index contributed by atoms with van der Waals surface area (Å²) >= 11 is 0. The van der Waals surface area contributed by atoms with Crippen molar-refractivity contribution in [1.82, 2.24) is 0 Å². The van der Waals surface area contributed by atoms with Crippen molar-refractivity contribution in [2.45, 2.75) is 0 Å². The van der Waals surface area contributed by atoms with E-state index in [-0.39, 0.29) is 16.8 Å². The van der Waals surface area contributed by atoms with E-state index < -0.39 is 11.9 Å². The number of esters is 2. The maximum absolute atomic E-state index is 11.3. The average molecular weight is 223 g/mol. The van der Waals surface area contributed by atoms with Crippen LogP contribution in [0.15, 0.2) is 23.4 Å². The second-order valence-electron chi connectivity index (χ2n) is 2.81. The van der Waals surface area contributed by atoms with Gasteiger partial charge in [-0.3, -0.25) is 0 Å². The lowest BCUT2D eigenvalue weighted by molar-refractivity contribution is 0.0600. The van der Waals surface area contributed by atoms with Crippen molar-refractivity contribution >= 4 is 17.6 Å². The molecule has 0 N–H and O–H groups in total. The fourth-order valence-corrected chi connectivity index (χ4v) is 1.13. The number of carbonyl (C=O) groups excluding carboxylic acids is 2. The Kier molecular flexibility index (Phi) is 3.71. The normalized spacial score (nSPS) is 9.38. The Morgan fingerprint density at radius 1 is 1.12 bits per heavy atom. The third-order valence-electron chi connectivity index (χ3n) is 1.92. The van der Waals surface area contributed by atoms with E-state index in [1.165, 1.54) is 32.4 Å². The highest BCUT2D eigenvalue weighted by molar-refractivity contribution is 5.99. The molecule has 0 aliphatic heterocycles. The Morgan fingerprint density at radius 2 is 1.75 bits per heavy atom. The van der Waals surface area contributed by atoms with Gasteiger partial charge < -0.3 is 9.47 Å². The summed E-state index contributed by atoms with van der Waals surface area (Å²) in [6.07, 6.45) is 0. The number of ether oxygens (including phenoxy) is 2. The Labute approximate surface area is 91.1 Å². The van der Waals surface area contributed by atoms with Crippen LogP contribution in [0.25, 0.3) is 0 Å². The second-order valence-corrected chi connectivity index (χ2v) is 2.81. The summed E-state index contributed by atoms with van der Waals surface area (Å²) in [5, 5.41) is 2.66. The Balaban J connectivity index is 3.26. The van der Waals surface area contributed by atoms with Crippen LogP contribution in [0.5, 0.6) is 0 Å². The van der Waals surface area contributed by atoms with Gasteiger partial charge in [0.25, 0.3) is 0 Å². The molecule has 6 nitrogen and oxygen atoms in total. The summed E-state index contributed by atoms with van der Waals surface area (Å²) in [7, 11) is 2.38. The van der Waals surface area contributed by atoms with E-state index in [0.717, 1.165) is 0 Å². The molecule has 16 heavy (non-hydrogen) atoms. The van der Waals surface area contributed by atoms with Crippen LogP contribution in [0.2, 0.25) is 0 Å². The minimum atomic E-state index is -0.736. The Hall–Kier alpha value is -2.24. The summed E-state index contributed by atoms with van der Waals surface area (Å²) in [6, 6.07) is 3.80. The zero-order valence-corrected chi connectivity index (χ0v) is 8.72. The molecule has 0 unspecified atom stereocenters. The first-order chi connectivity index (χ1) is 7.63. The fraction of sp³-hybridized carbons (Fsp3) is 0.200. The molecule has 0 fully saturated rings. The number of rotatable bonds is 3. The van der Waals surface area contributed by atoms with Crippen molar-refractivity contribution in [2.75, 3.05) is 14.2 Å². The van der Waals surface area contributed by atoms with Crippen LogP contribution in [0.3, 0.4) is 0 Å². The van der Waals surface area contributed by atoms with Gasteiger partial charge >= 0.3 is 11.9 Å². The molecule has 0 bridgehead atoms. The van der Waals surface area contributed by atoms with Gasteiger partial charge in [-0.15, -0.1) is 4.91 Å². The van der Waals surface area contributed by atoms with Gasteiger partial charge in [0.2, 0.25) is 0 Å². The van der Waals surface area contributed by atoms with Gasteiger partial charge in [-0.25, -0.2) is 9.59 Å². The van der Waals surface area contributed by atoms with Crippen molar-refractivity contribution in [3.05, 3.63) is 34.2 Å². The lowest BCUT2D eigenvalue weighted by Crippen LogP contribution is -2.06. The van der Waals surface area contributed by atoms with Crippen LogP contribution < -0.4 is 0 Å². The molecule has 84 valence electrons. The highest BCUT2D eigenvalue weighted by atomic mass is 16.5. The van der Waals surface area contributed by atoms with E-state index >= 15 is 0 Å². The van der Waals surface area contributed by atoms with E-state index in [1.54, 1.807) is 0 Å². The largest absolute Gasteiger partial charge is 0.465 e. The third kappa shape index (κ3) is 2.22. The topological polar surface area (TPSA) is 82.0 Å². The van der Waals surface area contributed by atoms with Crippen molar-refractivity contribution < 1.29 is 19.1 Å². The van der Waals surface area contributed by atoms with E-state index in [1.807, 2.05) is 0 Å². The van der Waals surface area contributed by atoms with Crippen LogP contribution >= 0.6 is 0 Å². The molecule has 0 heterocycles. The van der Waals surface area contributed by atoms with Gasteiger partial charge in [0, 0.05) is 0 Å². The molecule has 0 saturated heterocycles. The summed E-state index contributed by atoms with van der Waals surface area (Å²) in [6.45, 7) is 0. The van der Waals surface area contributed by atoms with Crippen molar-refractivity contribution in [3.63, 3.8) is 0 Å². The third-order valence-corrected chi connectivity index (χ3v) is 1.92. The van der Waals surface area contributed by atoms with E-state index in [2.05, 4.69) is 14.7 Å². The molecule has 0 aromatic heterocycles. The summed E-state index contributed by atoms with van der Waals surface area (Å²) < 4.78 is 8.94. The zero-order valence-electron chi connectivity index (χ0n) is 8.72. The predicted octanol–water partition coefficient (Wildman–Crippen LogP) is 1.66. The van der Waals surface area contributed by atoms with Crippen LogP contribution in [-0.2, 0) is 9.47 Å². The van der Waals surface area contributed by atoms with Gasteiger partial charge in [0.1, 0.15) is 5.69 Å². The van der Waals surface area contributed by atoms with Crippen LogP contribution in [0.1, 0.15) is 20.7 Å². The van der Waals surface area contributed by atoms with Crippen LogP contribution in [0.4, 0.5) is 5.69 Å². The highest BCUT2D eigenvalue weighted by Crippen LogP contribution is 2.21. The molecule has 0 aliphatic rings. The lowest BCUT2D eigenvalue weighted by Gasteiger charge is -2.04. The van der Waals surface area contributed by atoms with Gasteiger partial charge in [0.15, 0.2) is 0 Å². The minimum absolute atomic E-state index is 0.0691. The van der Waals surface area contributed by atoms with Gasteiger partial charge in [-0.1, -0.05) is 0 Å². The number of methoxy groups -OCH3 is 2. The van der Waals surface area contributed by atoms with Gasteiger partial charge in [0.05, 0.1) is 25.3 Å². The predicted molar refractivity (Wildman–Crippen MR) is 54.6 cm³/mol. The smallest absolute Gasteiger partial charge is 0.340 e. The number of nitrogens with zero attached hydrogens (tertiary/aromatic N) is 1. The molecule has 6 heteroatoms. The van der Waals surface area contributed by atoms with E-state index in [9.17, 15) is 14.5 Å². The summed E-state index contributed by atoms with van der Waals surface area (Å²) in [5.74, 6) is -1.34. The quantitative estimate of drug-likeness (QED) is 0.574. The minimum Gasteiger partial charge on any atom is -0.465 e. The molecule has 1 aromatic carbocycles. The van der Waals surface area contributed by atoms with E-state index in [4.69, 9.17) is 0 Å². The molecule has 0 radical (unpaired) electrons. The highest BCUT2D eigenvalue weighted by Gasteiger charge is 2.16. The molecular formula is C10H9NO5. The van der Waals surface area contributed by atoms with E-state index in [0.29, 0.717) is 0 Å². The molecule has 1 aromatic rings. The first-order valence-electron chi connectivity index (χ1n) is 4.28. The molecule has 0 aliphatic carbocycles. The first-order valence-corrected chi connectivity index (χ1v) is 4.28. The number of hydrogen-bond donors (Lipinski definition) is 0. The van der Waals surface area contributed by atoms with Gasteiger partial charge in [-0.2, -0.15) is 0 Å². The molecule has 0 saturated carbocycles. The van der Waals surface area contributed by atoms with Crippen LogP contribution in [-0.4, -0.2) is 26.2 Å². The number of hydrogen-bond acceptors (Lipinski definition) is 6. The van der Waals surface area contributed by atoms with Crippen molar-refractivity contribution in [1.29, 1.82) is 0 Å². The first kappa shape index (κ1) is 11.8. The Morgan fingerprint density at radius 3 is 2.25 bits per heavy atom. The molecular weight excluding hydrogens is 214 g/mol. The number of benzene rings is 1. The lowest BCUT2D eigenvalue weighted by atomic mass is 10.1. The monoisotopic (exact) mass is 223 g/mol. The maximum atomic E-state index is 11.3. The molecule has 0 spiro atoms. The SMILES string of the molecule is COC(=O)c1ccc(N=O)c(C(=O)OC)c1. The van der Waals surface area contributed by atoms with Crippen molar-refractivity contribution in [2.24, 2.45) is 5.18 Å². The van der Waals surface area contributed by atoms with Crippen LogP contribution in [0, 0.1) is 4.91 Å². The maximum Gasteiger partial charge on any atom is 0.340 e. The fourth-order valence-electron chi connectivity index (χ4n) is 1.13. The Bertz CT molecular complexity index is 441. The zero-order chi connectivity index (χ0) is 12.1. The summed E-state index contributed by atoms with van der Waals surface area (Å²) in [5.41, 5.74) is -0.00444. The number of nitroso groups, excluding NO2 is 1. The standard InChI is InChI=1S/C10H9NO5/c1-15-9(12)6-3-4-8(11-14)7(5-6)10(13)16-2/h3-5H,1-2H3. The number of carbonyl (C=O) groups is 2. The molecule has 0 amide bonds. The molecule has 0 atom stereocenters. The van der Waals surface area contributed by atoms with Gasteiger partial charge in [-0.05, 0) is 23.4 Å². The average Bonchev–Trinajstić information content (AvgIpc) is 2.35. The second kappa shape index (κ2) is 5.01. The summed E-state index contributed by atoms with van der Waals surface area (Å²) in [4.78, 5) is 32.9. The van der Waals surface area contributed by atoms with Crippen molar-refractivity contribution in [3.8, 4) is 0 Å².